The van der Waals surface area contributed by atoms with Crippen LogP contribution in [0, 0.1) is 5.41 Å². The molecule has 0 saturated carbocycles. The third-order valence-corrected chi connectivity index (χ3v) is 2.18. The van der Waals surface area contributed by atoms with Gasteiger partial charge >= 0.3 is 0 Å². The van der Waals surface area contributed by atoms with Crippen LogP contribution in [0.2, 0.25) is 0 Å². The van der Waals surface area contributed by atoms with Crippen molar-refractivity contribution >= 4 is 0 Å². The largest absolute Gasteiger partial charge is 0.389 e. The van der Waals surface area contributed by atoms with Crippen LogP contribution in [0.5, 0.6) is 0 Å². The smallest absolute Gasteiger partial charge is 0.0718 e. The van der Waals surface area contributed by atoms with Crippen LogP contribution in [-0.2, 0) is 0 Å². The lowest BCUT2D eigenvalue weighted by molar-refractivity contribution is 0.199. The van der Waals surface area contributed by atoms with Gasteiger partial charge in [0.25, 0.3) is 0 Å². The summed E-state index contributed by atoms with van der Waals surface area (Å²) < 4.78 is 0. The van der Waals surface area contributed by atoms with Crippen molar-refractivity contribution in [3.8, 4) is 0 Å². The summed E-state index contributed by atoms with van der Waals surface area (Å²) in [5.74, 6) is 0. The molecular weight excluding hydrogens is 148 g/mol. The van der Waals surface area contributed by atoms with Crippen LogP contribution in [-0.4, -0.2) is 11.2 Å². The fourth-order valence-corrected chi connectivity index (χ4v) is 0.864. The van der Waals surface area contributed by atoms with E-state index in [9.17, 15) is 5.11 Å². The molecule has 1 unspecified atom stereocenters. The lowest BCUT2D eigenvalue weighted by Crippen LogP contribution is -2.12. The maximum absolute atomic E-state index is 9.23. The molecule has 0 amide bonds. The fraction of sp³-hybridized carbons (Fsp3) is 0.455. The summed E-state index contributed by atoms with van der Waals surface area (Å²) in [6.07, 6.45) is 6.41. The molecule has 0 heterocycles. The molecule has 12 heavy (non-hydrogen) atoms. The summed E-state index contributed by atoms with van der Waals surface area (Å²) in [7, 11) is 0. The number of rotatable bonds is 6. The molecule has 0 fully saturated rings. The minimum absolute atomic E-state index is 0.0655. The average molecular weight is 166 g/mol. The zero-order chi connectivity index (χ0) is 9.61. The van der Waals surface area contributed by atoms with Gasteiger partial charge in [0.15, 0.2) is 0 Å². The second-order valence-corrected chi connectivity index (χ2v) is 3.26. The van der Waals surface area contributed by atoms with E-state index < -0.39 is 6.10 Å². The molecule has 0 radical (unpaired) electrons. The van der Waals surface area contributed by atoms with Gasteiger partial charge in [-0.15, -0.1) is 19.7 Å². The minimum atomic E-state index is -0.413. The van der Waals surface area contributed by atoms with Crippen LogP contribution >= 0.6 is 0 Å². The van der Waals surface area contributed by atoms with E-state index in [1.54, 1.807) is 6.08 Å². The number of allylic oxidation sites excluding steroid dienone is 2. The average Bonchev–Trinajstić information content (AvgIpc) is 2.13. The summed E-state index contributed by atoms with van der Waals surface area (Å²) in [6, 6.07) is 0. The van der Waals surface area contributed by atoms with E-state index >= 15 is 0 Å². The monoisotopic (exact) mass is 166 g/mol. The second kappa shape index (κ2) is 4.94. The molecule has 0 aromatic rings. The molecule has 1 atom stereocenters. The van der Waals surface area contributed by atoms with Gasteiger partial charge in [0.1, 0.15) is 0 Å². The molecule has 0 aliphatic rings. The predicted octanol–water partition coefficient (Wildman–Crippen LogP) is 2.69. The molecular formula is C11H18O. The van der Waals surface area contributed by atoms with Crippen molar-refractivity contribution < 1.29 is 5.11 Å². The molecule has 0 spiro atoms. The van der Waals surface area contributed by atoms with E-state index in [1.807, 2.05) is 19.1 Å². The van der Waals surface area contributed by atoms with Crippen LogP contribution in [0.15, 0.2) is 38.0 Å². The highest BCUT2D eigenvalue weighted by molar-refractivity contribution is 5.03. The maximum atomic E-state index is 9.23. The van der Waals surface area contributed by atoms with E-state index in [2.05, 4.69) is 19.7 Å². The first-order chi connectivity index (χ1) is 5.58. The summed E-state index contributed by atoms with van der Waals surface area (Å²) in [5, 5.41) is 9.23. The number of aliphatic hydroxyl groups excluding tert-OH is 1. The highest BCUT2D eigenvalue weighted by Crippen LogP contribution is 2.26. The summed E-state index contributed by atoms with van der Waals surface area (Å²) in [5.41, 5.74) is -0.0655. The molecule has 1 nitrogen and oxygen atoms in total. The molecule has 0 aromatic heterocycles. The van der Waals surface area contributed by atoms with Crippen LogP contribution in [0.4, 0.5) is 0 Å². The highest BCUT2D eigenvalue weighted by Gasteiger charge is 2.16. The van der Waals surface area contributed by atoms with E-state index in [1.165, 1.54) is 0 Å². The summed E-state index contributed by atoms with van der Waals surface area (Å²) in [4.78, 5) is 0. The van der Waals surface area contributed by atoms with E-state index in [4.69, 9.17) is 0 Å². The SMILES string of the molecule is C=CC(O)CCC(C)(C=C)C=C. The third-order valence-electron chi connectivity index (χ3n) is 2.18. The van der Waals surface area contributed by atoms with Gasteiger partial charge in [0.2, 0.25) is 0 Å². The Morgan fingerprint density at radius 2 is 1.83 bits per heavy atom. The Balaban J connectivity index is 3.96. The van der Waals surface area contributed by atoms with E-state index in [0.717, 1.165) is 6.42 Å². The molecule has 0 aromatic carbocycles. The van der Waals surface area contributed by atoms with Crippen molar-refractivity contribution in [2.75, 3.05) is 0 Å². The van der Waals surface area contributed by atoms with Gasteiger partial charge in [-0.25, -0.2) is 0 Å². The first-order valence-corrected chi connectivity index (χ1v) is 4.16. The quantitative estimate of drug-likeness (QED) is 0.601. The topological polar surface area (TPSA) is 20.2 Å². The molecule has 1 heteroatoms. The van der Waals surface area contributed by atoms with Crippen molar-refractivity contribution in [2.45, 2.75) is 25.9 Å². The Bertz CT molecular complexity index is 162. The molecule has 0 aliphatic heterocycles. The number of hydrogen-bond donors (Lipinski definition) is 1. The van der Waals surface area contributed by atoms with Crippen LogP contribution < -0.4 is 0 Å². The molecule has 0 rings (SSSR count). The Morgan fingerprint density at radius 3 is 2.17 bits per heavy atom. The minimum Gasteiger partial charge on any atom is -0.389 e. The molecule has 1 N–H and O–H groups in total. The van der Waals surface area contributed by atoms with E-state index in [-0.39, 0.29) is 5.41 Å². The lowest BCUT2D eigenvalue weighted by Gasteiger charge is -2.21. The zero-order valence-corrected chi connectivity index (χ0v) is 7.79. The van der Waals surface area contributed by atoms with Crippen LogP contribution in [0.3, 0.4) is 0 Å². The van der Waals surface area contributed by atoms with Crippen LogP contribution in [0.1, 0.15) is 19.8 Å². The number of hydrogen-bond acceptors (Lipinski definition) is 1. The van der Waals surface area contributed by atoms with Crippen molar-refractivity contribution in [2.24, 2.45) is 5.41 Å². The predicted molar refractivity (Wildman–Crippen MR) is 53.9 cm³/mol. The van der Waals surface area contributed by atoms with Gasteiger partial charge in [-0.2, -0.15) is 0 Å². The third kappa shape index (κ3) is 3.54. The Morgan fingerprint density at radius 1 is 1.33 bits per heavy atom. The Labute approximate surface area is 75.1 Å². The first kappa shape index (κ1) is 11.2. The van der Waals surface area contributed by atoms with Gasteiger partial charge in [-0.1, -0.05) is 25.2 Å². The second-order valence-electron chi connectivity index (χ2n) is 3.26. The molecule has 0 saturated heterocycles. The zero-order valence-electron chi connectivity index (χ0n) is 7.79. The highest BCUT2D eigenvalue weighted by atomic mass is 16.3. The standard InChI is InChI=1S/C11H18O/c1-5-10(12)8-9-11(4,6-2)7-3/h5-7,10,12H,1-3,8-9H2,4H3. The molecule has 0 bridgehead atoms. The van der Waals surface area contributed by atoms with Crippen LogP contribution in [0.25, 0.3) is 0 Å². The molecule has 0 aliphatic carbocycles. The lowest BCUT2D eigenvalue weighted by atomic mass is 9.85. The Kier molecular flexibility index (Phi) is 4.60. The van der Waals surface area contributed by atoms with Crippen molar-refractivity contribution in [3.63, 3.8) is 0 Å². The van der Waals surface area contributed by atoms with Gasteiger partial charge in [-0.05, 0) is 12.8 Å². The Hall–Kier alpha value is -0.820. The van der Waals surface area contributed by atoms with Crippen molar-refractivity contribution in [1.82, 2.24) is 0 Å². The maximum Gasteiger partial charge on any atom is 0.0718 e. The van der Waals surface area contributed by atoms with Crippen molar-refractivity contribution in [3.05, 3.63) is 38.0 Å². The number of aliphatic hydroxyl groups is 1. The summed E-state index contributed by atoms with van der Waals surface area (Å²) >= 11 is 0. The fourth-order valence-electron chi connectivity index (χ4n) is 0.864. The van der Waals surface area contributed by atoms with Gasteiger partial charge in [0.05, 0.1) is 6.10 Å². The summed E-state index contributed by atoms with van der Waals surface area (Å²) in [6.45, 7) is 13.0. The molecule has 68 valence electrons. The van der Waals surface area contributed by atoms with Gasteiger partial charge < -0.3 is 5.11 Å². The van der Waals surface area contributed by atoms with Crippen molar-refractivity contribution in [1.29, 1.82) is 0 Å². The van der Waals surface area contributed by atoms with Gasteiger partial charge in [0, 0.05) is 5.41 Å². The normalized spacial score (nSPS) is 13.5. The van der Waals surface area contributed by atoms with E-state index in [0.29, 0.717) is 6.42 Å². The van der Waals surface area contributed by atoms with Gasteiger partial charge in [-0.3, -0.25) is 0 Å². The first-order valence-electron chi connectivity index (χ1n) is 4.16.